The van der Waals surface area contributed by atoms with Gasteiger partial charge in [0.15, 0.2) is 0 Å². The van der Waals surface area contributed by atoms with Crippen molar-refractivity contribution in [1.82, 2.24) is 0 Å². The van der Waals surface area contributed by atoms with Crippen molar-refractivity contribution < 1.29 is 0 Å². The quantitative estimate of drug-likeness (QED) is 0.572. The van der Waals surface area contributed by atoms with Crippen LogP contribution in [-0.2, 0) is 0 Å². The van der Waals surface area contributed by atoms with Crippen LogP contribution in [0, 0.1) is 46.3 Å². The first-order valence-corrected chi connectivity index (χ1v) is 9.61. The molecule has 0 saturated heterocycles. The van der Waals surface area contributed by atoms with Crippen LogP contribution in [0.15, 0.2) is 0 Å². The Balaban J connectivity index is 0.000000160. The first kappa shape index (κ1) is 20.0. The summed E-state index contributed by atoms with van der Waals surface area (Å²) in [7, 11) is 0. The van der Waals surface area contributed by atoms with E-state index in [1.807, 2.05) is 0 Å². The standard InChI is InChI=1S/2C10H18N.Mg/c2*1-10(2)8-4-3-7(6-11)9(10)5-8;/h2*7-9,11H,3-6H2,1-2H3;/q2*-1;+2/t2*7?,8-,9-;/m00./s1. The monoisotopic (exact) mass is 328 g/mol. The zero-order valence-corrected chi connectivity index (χ0v) is 17.2. The van der Waals surface area contributed by atoms with Gasteiger partial charge in [-0.1, -0.05) is 52.4 Å². The van der Waals surface area contributed by atoms with Crippen LogP contribution in [0.3, 0.4) is 0 Å². The third-order valence-electron chi connectivity index (χ3n) is 8.53. The molecule has 0 aliphatic heterocycles. The van der Waals surface area contributed by atoms with Gasteiger partial charge >= 0.3 is 23.1 Å². The van der Waals surface area contributed by atoms with Gasteiger partial charge in [-0.25, -0.2) is 0 Å². The van der Waals surface area contributed by atoms with Gasteiger partial charge in [-0.05, 0) is 60.2 Å². The Kier molecular flexibility index (Phi) is 6.20. The van der Waals surface area contributed by atoms with Crippen LogP contribution in [0.1, 0.15) is 66.2 Å². The molecule has 128 valence electrons. The molecule has 2 N–H and O–H groups in total. The van der Waals surface area contributed by atoms with Gasteiger partial charge in [-0.2, -0.15) is 0 Å². The molecular formula is C20H36MgN2. The molecule has 6 fully saturated rings. The second-order valence-corrected chi connectivity index (χ2v) is 9.80. The molecule has 6 aliphatic rings. The van der Waals surface area contributed by atoms with Gasteiger partial charge in [0, 0.05) is 0 Å². The SMILES string of the molecule is CC1(C)[C@H]2CCC(C[NH-])[C@@H]1C2.CC1(C)[C@H]2CCC(C[NH-])[C@@H]1C2.[Mg+2]. The van der Waals surface area contributed by atoms with Crippen molar-refractivity contribution in [2.75, 3.05) is 13.1 Å². The summed E-state index contributed by atoms with van der Waals surface area (Å²) in [5, 5.41) is 0. The van der Waals surface area contributed by atoms with Crippen molar-refractivity contribution in [3.8, 4) is 0 Å². The molecule has 6 aliphatic carbocycles. The molecule has 0 amide bonds. The molecule has 0 aromatic rings. The molecule has 4 bridgehead atoms. The van der Waals surface area contributed by atoms with Crippen molar-refractivity contribution in [2.45, 2.75) is 66.2 Å². The molecule has 6 atom stereocenters. The van der Waals surface area contributed by atoms with E-state index in [9.17, 15) is 0 Å². The fraction of sp³-hybridized carbons (Fsp3) is 1.00. The molecule has 6 saturated carbocycles. The first-order chi connectivity index (χ1) is 10.3. The maximum atomic E-state index is 7.43. The van der Waals surface area contributed by atoms with Gasteiger partial charge in [0.1, 0.15) is 0 Å². The van der Waals surface area contributed by atoms with Gasteiger partial charge in [-0.15, -0.1) is 13.1 Å². The topological polar surface area (TPSA) is 47.6 Å². The van der Waals surface area contributed by atoms with Crippen LogP contribution in [-0.4, -0.2) is 36.1 Å². The van der Waals surface area contributed by atoms with Crippen molar-refractivity contribution in [1.29, 1.82) is 0 Å². The van der Waals surface area contributed by atoms with E-state index < -0.39 is 0 Å². The largest absolute Gasteiger partial charge is 2.00 e. The normalized spacial score (nSPS) is 44.6. The third-order valence-corrected chi connectivity index (χ3v) is 8.53. The molecule has 0 aromatic heterocycles. The minimum Gasteiger partial charge on any atom is -0.677 e. The second kappa shape index (κ2) is 7.13. The summed E-state index contributed by atoms with van der Waals surface area (Å²) in [5.41, 5.74) is 16.0. The van der Waals surface area contributed by atoms with E-state index in [4.69, 9.17) is 11.5 Å². The molecule has 3 heteroatoms. The molecule has 2 nitrogen and oxygen atoms in total. The number of nitrogens with one attached hydrogen (secondary N) is 2. The molecule has 2 unspecified atom stereocenters. The van der Waals surface area contributed by atoms with E-state index >= 15 is 0 Å². The summed E-state index contributed by atoms with van der Waals surface area (Å²) < 4.78 is 0. The van der Waals surface area contributed by atoms with Gasteiger partial charge in [0.2, 0.25) is 0 Å². The number of hydrogen-bond acceptors (Lipinski definition) is 0. The maximum absolute atomic E-state index is 7.43. The third kappa shape index (κ3) is 3.25. The van der Waals surface area contributed by atoms with Crippen LogP contribution >= 0.6 is 0 Å². The van der Waals surface area contributed by atoms with Crippen LogP contribution in [0.25, 0.3) is 11.5 Å². The fourth-order valence-electron chi connectivity index (χ4n) is 6.41. The summed E-state index contributed by atoms with van der Waals surface area (Å²) >= 11 is 0. The van der Waals surface area contributed by atoms with Crippen molar-refractivity contribution >= 4 is 23.1 Å². The average molecular weight is 329 g/mol. The van der Waals surface area contributed by atoms with Crippen LogP contribution < -0.4 is 0 Å². The number of rotatable bonds is 2. The number of fused-ring (bicyclic) bond motifs is 4. The molecule has 6 rings (SSSR count). The van der Waals surface area contributed by atoms with E-state index in [1.54, 1.807) is 0 Å². The zero-order chi connectivity index (χ0) is 16.1. The number of hydrogen-bond donors (Lipinski definition) is 0. The predicted octanol–water partition coefficient (Wildman–Crippen LogP) is 5.84. The summed E-state index contributed by atoms with van der Waals surface area (Å²) in [6.07, 6.45) is 8.32. The van der Waals surface area contributed by atoms with Crippen molar-refractivity contribution in [2.24, 2.45) is 46.3 Å². The van der Waals surface area contributed by atoms with E-state index in [1.165, 1.54) is 38.5 Å². The summed E-state index contributed by atoms with van der Waals surface area (Å²) in [4.78, 5) is 0. The Morgan fingerprint density at radius 3 is 1.22 bits per heavy atom. The predicted molar refractivity (Wildman–Crippen MR) is 100 cm³/mol. The summed E-state index contributed by atoms with van der Waals surface area (Å²) in [6.45, 7) is 10.9. The van der Waals surface area contributed by atoms with E-state index in [2.05, 4.69) is 27.7 Å². The Morgan fingerprint density at radius 1 is 0.696 bits per heavy atom. The van der Waals surface area contributed by atoms with E-state index in [0.717, 1.165) is 35.5 Å². The minimum absolute atomic E-state index is 0. The molecule has 0 radical (unpaired) electrons. The average Bonchev–Trinajstić information content (AvgIpc) is 2.54. The van der Waals surface area contributed by atoms with E-state index in [0.29, 0.717) is 23.9 Å². The smallest absolute Gasteiger partial charge is 0.677 e. The second-order valence-electron chi connectivity index (χ2n) is 9.80. The van der Waals surface area contributed by atoms with Crippen LogP contribution in [0.4, 0.5) is 0 Å². The Hall–Kier alpha value is 0.686. The first-order valence-electron chi connectivity index (χ1n) is 9.61. The van der Waals surface area contributed by atoms with E-state index in [-0.39, 0.29) is 23.1 Å². The van der Waals surface area contributed by atoms with Crippen molar-refractivity contribution in [3.63, 3.8) is 0 Å². The zero-order valence-electron chi connectivity index (χ0n) is 15.8. The molecule has 23 heavy (non-hydrogen) atoms. The van der Waals surface area contributed by atoms with Gasteiger partial charge in [0.25, 0.3) is 0 Å². The van der Waals surface area contributed by atoms with Crippen molar-refractivity contribution in [3.05, 3.63) is 11.5 Å². The molecule has 0 aromatic carbocycles. The van der Waals surface area contributed by atoms with Crippen LogP contribution in [0.2, 0.25) is 0 Å². The Bertz CT molecular complexity index is 364. The van der Waals surface area contributed by atoms with Gasteiger partial charge in [0.05, 0.1) is 0 Å². The maximum Gasteiger partial charge on any atom is 2.00 e. The van der Waals surface area contributed by atoms with Gasteiger partial charge in [-0.3, -0.25) is 0 Å². The Labute approximate surface area is 160 Å². The Morgan fingerprint density at radius 2 is 1.04 bits per heavy atom. The fourth-order valence-corrected chi connectivity index (χ4v) is 6.41. The molecule has 0 heterocycles. The molecule has 0 spiro atoms. The molecular weight excluding hydrogens is 293 g/mol. The summed E-state index contributed by atoms with van der Waals surface area (Å²) in [6, 6.07) is 0. The summed E-state index contributed by atoms with van der Waals surface area (Å²) in [5.74, 6) is 5.23. The minimum atomic E-state index is 0. The van der Waals surface area contributed by atoms with Gasteiger partial charge < -0.3 is 11.5 Å². The van der Waals surface area contributed by atoms with Crippen LogP contribution in [0.5, 0.6) is 0 Å².